The van der Waals surface area contributed by atoms with E-state index in [1.165, 1.54) is 0 Å². The number of aryl methyl sites for hydroxylation is 1. The van der Waals surface area contributed by atoms with Gasteiger partial charge in [-0.3, -0.25) is 19.2 Å². The van der Waals surface area contributed by atoms with E-state index >= 15 is 0 Å². The van der Waals surface area contributed by atoms with Crippen LogP contribution >= 0.6 is 10.6 Å². The van der Waals surface area contributed by atoms with Gasteiger partial charge in [-0.15, -0.1) is 0 Å². The fourth-order valence-corrected chi connectivity index (χ4v) is 7.06. The zero-order valence-electron chi connectivity index (χ0n) is 20.8. The standard InChI is InChI=1S/C27H39NO5S/c1-5-8-16-27(6-2)19-34(30,31)24-17-21(14-15-25(29)33-7-3)23(32-4)18-22(24)26(28-27)20-12-10-9-11-13-20/h9-13,17-18,26,28,30-31H,5-8,14-16,19H2,1-4H3. The van der Waals surface area contributed by atoms with Crippen LogP contribution in [-0.4, -0.2) is 40.1 Å². The number of unbranched alkanes of at least 4 members (excludes halogenated alkanes) is 1. The van der Waals surface area contributed by atoms with Crippen molar-refractivity contribution in [1.29, 1.82) is 0 Å². The van der Waals surface area contributed by atoms with Gasteiger partial charge in [-0.25, -0.2) is 0 Å². The normalized spacial score (nSPS) is 22.4. The maximum Gasteiger partial charge on any atom is 0.306 e. The van der Waals surface area contributed by atoms with Crippen molar-refractivity contribution in [3.8, 4) is 5.75 Å². The second-order valence-electron chi connectivity index (χ2n) is 9.04. The first-order valence-corrected chi connectivity index (χ1v) is 14.0. The van der Waals surface area contributed by atoms with Crippen molar-refractivity contribution in [1.82, 2.24) is 5.32 Å². The molecule has 1 aliphatic rings. The molecule has 1 heterocycles. The summed E-state index contributed by atoms with van der Waals surface area (Å²) in [6.45, 7) is 6.39. The van der Waals surface area contributed by atoms with Crippen LogP contribution in [0.25, 0.3) is 0 Å². The summed E-state index contributed by atoms with van der Waals surface area (Å²) in [4.78, 5) is 12.5. The number of carbonyl (C=O) groups is 1. The fraction of sp³-hybridized carbons (Fsp3) is 0.519. The molecular weight excluding hydrogens is 450 g/mol. The molecule has 7 heteroatoms. The summed E-state index contributed by atoms with van der Waals surface area (Å²) in [6.07, 6.45) is 4.30. The topological polar surface area (TPSA) is 88.0 Å². The van der Waals surface area contributed by atoms with Gasteiger partial charge in [0.15, 0.2) is 0 Å². The van der Waals surface area contributed by atoms with E-state index in [9.17, 15) is 13.9 Å². The zero-order chi connectivity index (χ0) is 24.8. The Morgan fingerprint density at radius 1 is 1.18 bits per heavy atom. The molecule has 2 aromatic carbocycles. The summed E-state index contributed by atoms with van der Waals surface area (Å²) >= 11 is 0. The average molecular weight is 490 g/mol. The number of rotatable bonds is 10. The van der Waals surface area contributed by atoms with E-state index in [4.69, 9.17) is 9.47 Å². The second-order valence-corrected chi connectivity index (χ2v) is 11.1. The molecule has 0 spiro atoms. The Kier molecular flexibility index (Phi) is 9.04. The second kappa shape index (κ2) is 11.6. The van der Waals surface area contributed by atoms with Gasteiger partial charge in [-0.05, 0) is 49.4 Å². The molecule has 0 amide bonds. The maximum atomic E-state index is 12.0. The first kappa shape index (κ1) is 26.5. The first-order chi connectivity index (χ1) is 16.3. The average Bonchev–Trinajstić information content (AvgIpc) is 2.93. The highest BCUT2D eigenvalue weighted by molar-refractivity contribution is 8.24. The van der Waals surface area contributed by atoms with E-state index in [0.29, 0.717) is 23.7 Å². The number of hydrogen-bond acceptors (Lipinski definition) is 6. The molecule has 188 valence electrons. The minimum absolute atomic E-state index is 0.206. The lowest BCUT2D eigenvalue weighted by atomic mass is 9.87. The lowest BCUT2D eigenvalue weighted by Crippen LogP contribution is -2.49. The van der Waals surface area contributed by atoms with E-state index in [1.54, 1.807) is 14.0 Å². The van der Waals surface area contributed by atoms with Crippen molar-refractivity contribution in [2.75, 3.05) is 19.5 Å². The van der Waals surface area contributed by atoms with Gasteiger partial charge < -0.3 is 9.47 Å². The molecule has 3 rings (SSSR count). The Bertz CT molecular complexity index is 965. The van der Waals surface area contributed by atoms with Gasteiger partial charge in [0.05, 0.1) is 30.4 Å². The summed E-state index contributed by atoms with van der Waals surface area (Å²) < 4.78 is 33.9. The Morgan fingerprint density at radius 3 is 2.53 bits per heavy atom. The predicted molar refractivity (Wildman–Crippen MR) is 138 cm³/mol. The third kappa shape index (κ3) is 5.95. The first-order valence-electron chi connectivity index (χ1n) is 12.2. The Morgan fingerprint density at radius 2 is 1.91 bits per heavy atom. The number of ether oxygens (including phenoxy) is 2. The van der Waals surface area contributed by atoms with Crippen LogP contribution in [-0.2, 0) is 16.0 Å². The van der Waals surface area contributed by atoms with Crippen molar-refractivity contribution in [3.05, 3.63) is 59.2 Å². The van der Waals surface area contributed by atoms with Crippen LogP contribution in [0.3, 0.4) is 0 Å². The molecule has 2 atom stereocenters. The van der Waals surface area contributed by atoms with Gasteiger partial charge >= 0.3 is 5.97 Å². The summed E-state index contributed by atoms with van der Waals surface area (Å²) in [6, 6.07) is 13.7. The smallest absolute Gasteiger partial charge is 0.306 e. The molecule has 0 aliphatic carbocycles. The Labute approximate surface area is 205 Å². The highest BCUT2D eigenvalue weighted by Crippen LogP contribution is 2.58. The van der Waals surface area contributed by atoms with E-state index in [2.05, 4.69) is 31.3 Å². The van der Waals surface area contributed by atoms with E-state index in [1.807, 2.05) is 30.3 Å². The van der Waals surface area contributed by atoms with Crippen LogP contribution in [0.15, 0.2) is 47.4 Å². The molecule has 2 unspecified atom stereocenters. The fourth-order valence-electron chi connectivity index (χ4n) is 4.82. The molecule has 34 heavy (non-hydrogen) atoms. The van der Waals surface area contributed by atoms with Crippen LogP contribution in [0, 0.1) is 0 Å². The van der Waals surface area contributed by atoms with Gasteiger partial charge in [0.25, 0.3) is 0 Å². The lowest BCUT2D eigenvalue weighted by Gasteiger charge is -2.42. The molecule has 0 radical (unpaired) electrons. The van der Waals surface area contributed by atoms with E-state index < -0.39 is 16.1 Å². The number of hydrogen-bond donors (Lipinski definition) is 3. The molecule has 6 nitrogen and oxygen atoms in total. The SMILES string of the molecule is CCCCC1(CC)CS(O)(O)c2cc(CCC(=O)OCC)c(OC)cc2C(c2ccccc2)N1. The van der Waals surface area contributed by atoms with Crippen molar-refractivity contribution in [3.63, 3.8) is 0 Å². The van der Waals surface area contributed by atoms with Gasteiger partial charge in [0.2, 0.25) is 0 Å². The van der Waals surface area contributed by atoms with Crippen molar-refractivity contribution >= 4 is 16.6 Å². The molecule has 0 saturated carbocycles. The molecule has 2 aromatic rings. The predicted octanol–water partition coefficient (Wildman–Crippen LogP) is 6.33. The number of methoxy groups -OCH3 is 1. The molecule has 1 aliphatic heterocycles. The molecular formula is C27H39NO5S. The number of fused-ring (bicyclic) bond motifs is 1. The highest BCUT2D eigenvalue weighted by atomic mass is 32.3. The van der Waals surface area contributed by atoms with E-state index in [-0.39, 0.29) is 24.2 Å². The highest BCUT2D eigenvalue weighted by Gasteiger charge is 2.42. The van der Waals surface area contributed by atoms with Gasteiger partial charge in [-0.1, -0.05) is 57.0 Å². The number of benzene rings is 2. The van der Waals surface area contributed by atoms with Gasteiger partial charge in [-0.2, -0.15) is 10.6 Å². The van der Waals surface area contributed by atoms with Crippen molar-refractivity contribution in [2.45, 2.75) is 75.8 Å². The molecule has 0 bridgehead atoms. The van der Waals surface area contributed by atoms with Gasteiger partial charge in [0.1, 0.15) is 5.75 Å². The van der Waals surface area contributed by atoms with Crippen molar-refractivity contribution < 1.29 is 23.4 Å². The van der Waals surface area contributed by atoms with Crippen LogP contribution in [0.1, 0.15) is 75.6 Å². The zero-order valence-corrected chi connectivity index (χ0v) is 21.6. The number of nitrogens with one attached hydrogen (secondary N) is 1. The van der Waals surface area contributed by atoms with Crippen LogP contribution < -0.4 is 10.1 Å². The largest absolute Gasteiger partial charge is 0.496 e. The Balaban J connectivity index is 2.14. The number of esters is 1. The molecule has 0 aromatic heterocycles. The number of carbonyl (C=O) groups excluding carboxylic acids is 1. The molecule has 0 fully saturated rings. The van der Waals surface area contributed by atoms with Crippen LogP contribution in [0.4, 0.5) is 0 Å². The molecule has 3 N–H and O–H groups in total. The summed E-state index contributed by atoms with van der Waals surface area (Å²) in [5.74, 6) is 0.620. The lowest BCUT2D eigenvalue weighted by molar-refractivity contribution is -0.143. The summed E-state index contributed by atoms with van der Waals surface area (Å²) in [5.41, 5.74) is 2.25. The minimum atomic E-state index is -3.10. The summed E-state index contributed by atoms with van der Waals surface area (Å²) in [7, 11) is -1.50. The molecule has 0 saturated heterocycles. The summed E-state index contributed by atoms with van der Waals surface area (Å²) in [5, 5.41) is 3.85. The Hall–Kier alpha value is -2.06. The third-order valence-electron chi connectivity index (χ3n) is 6.73. The monoisotopic (exact) mass is 489 g/mol. The third-order valence-corrected chi connectivity index (χ3v) is 8.74. The maximum absolute atomic E-state index is 12.0. The van der Waals surface area contributed by atoms with Crippen molar-refractivity contribution in [2.24, 2.45) is 0 Å². The quantitative estimate of drug-likeness (QED) is 0.338. The van der Waals surface area contributed by atoms with E-state index in [0.717, 1.165) is 42.4 Å². The van der Waals surface area contributed by atoms with Crippen LogP contribution in [0.2, 0.25) is 0 Å². The van der Waals surface area contributed by atoms with Gasteiger partial charge in [0, 0.05) is 17.5 Å². The van der Waals surface area contributed by atoms with Crippen LogP contribution in [0.5, 0.6) is 5.75 Å². The minimum Gasteiger partial charge on any atom is -0.496 e.